The van der Waals surface area contributed by atoms with Crippen molar-refractivity contribution in [3.63, 3.8) is 0 Å². The predicted octanol–water partition coefficient (Wildman–Crippen LogP) is 3.99. The van der Waals surface area contributed by atoms with Crippen molar-refractivity contribution in [3.8, 4) is 11.5 Å². The van der Waals surface area contributed by atoms with Crippen LogP contribution in [0.3, 0.4) is 0 Å². The van der Waals surface area contributed by atoms with Crippen LogP contribution in [0.2, 0.25) is 0 Å². The Bertz CT molecular complexity index is 1670. The standard InChI is InChI=1S/C29H21N3O7S/c1-16-4-2-3-5-21(16)32-26(34)19-8-7-18(14-20(19)27(32)35)25(33)30-10-11-31-28(36)24(40-29(31)37)13-17-6-9-22-23(12-17)39-15-38-22/h2-9,12-14H,10-11,15H2,1H3,(H,30,33)/b24-13-. The van der Waals surface area contributed by atoms with Gasteiger partial charge in [-0.2, -0.15) is 0 Å². The number of amides is 5. The molecule has 0 aromatic heterocycles. The first kappa shape index (κ1) is 25.4. The van der Waals surface area contributed by atoms with Crippen molar-refractivity contribution in [2.24, 2.45) is 0 Å². The summed E-state index contributed by atoms with van der Waals surface area (Å²) in [7, 11) is 0. The molecule has 1 N–H and O–H groups in total. The van der Waals surface area contributed by atoms with Crippen LogP contribution in [0.15, 0.2) is 65.6 Å². The zero-order valence-corrected chi connectivity index (χ0v) is 21.9. The number of imide groups is 2. The van der Waals surface area contributed by atoms with Crippen LogP contribution in [-0.4, -0.2) is 53.7 Å². The van der Waals surface area contributed by atoms with Crippen molar-refractivity contribution < 1.29 is 33.4 Å². The number of aryl methyl sites for hydroxylation is 1. The summed E-state index contributed by atoms with van der Waals surface area (Å²) in [4.78, 5) is 66.6. The zero-order chi connectivity index (χ0) is 28.0. The Hall–Kier alpha value is -4.90. The van der Waals surface area contributed by atoms with E-state index >= 15 is 0 Å². The van der Waals surface area contributed by atoms with Gasteiger partial charge in [-0.25, -0.2) is 4.90 Å². The van der Waals surface area contributed by atoms with Crippen molar-refractivity contribution in [2.45, 2.75) is 6.92 Å². The van der Waals surface area contributed by atoms with Gasteiger partial charge in [0, 0.05) is 18.7 Å². The van der Waals surface area contributed by atoms with Crippen molar-refractivity contribution in [2.75, 3.05) is 24.8 Å². The van der Waals surface area contributed by atoms with E-state index in [4.69, 9.17) is 9.47 Å². The Balaban J connectivity index is 1.10. The first-order valence-corrected chi connectivity index (χ1v) is 13.1. The van der Waals surface area contributed by atoms with Gasteiger partial charge in [0.1, 0.15) is 0 Å². The average molecular weight is 556 g/mol. The Morgan fingerprint density at radius 2 is 1.70 bits per heavy atom. The lowest BCUT2D eigenvalue weighted by atomic mass is 10.1. The number of anilines is 1. The van der Waals surface area contributed by atoms with Crippen LogP contribution in [0.5, 0.6) is 11.5 Å². The molecule has 5 amide bonds. The third-order valence-electron chi connectivity index (χ3n) is 6.69. The smallest absolute Gasteiger partial charge is 0.293 e. The maximum absolute atomic E-state index is 13.1. The molecule has 40 heavy (non-hydrogen) atoms. The molecule has 0 saturated carbocycles. The number of rotatable bonds is 6. The monoisotopic (exact) mass is 555 g/mol. The summed E-state index contributed by atoms with van der Waals surface area (Å²) < 4.78 is 10.6. The van der Waals surface area contributed by atoms with Crippen molar-refractivity contribution in [1.29, 1.82) is 0 Å². The fourth-order valence-electron chi connectivity index (χ4n) is 4.65. The molecule has 0 radical (unpaired) electrons. The molecular weight excluding hydrogens is 534 g/mol. The van der Waals surface area contributed by atoms with Crippen LogP contribution in [0.4, 0.5) is 10.5 Å². The summed E-state index contributed by atoms with van der Waals surface area (Å²) in [6.45, 7) is 1.92. The fraction of sp³-hybridized carbons (Fsp3) is 0.138. The van der Waals surface area contributed by atoms with Gasteiger partial charge in [0.15, 0.2) is 11.5 Å². The van der Waals surface area contributed by atoms with Crippen LogP contribution in [0.1, 0.15) is 42.2 Å². The second-order valence-electron chi connectivity index (χ2n) is 9.19. The van der Waals surface area contributed by atoms with Crippen LogP contribution >= 0.6 is 11.8 Å². The number of ether oxygens (including phenoxy) is 2. The highest BCUT2D eigenvalue weighted by atomic mass is 32.2. The summed E-state index contributed by atoms with van der Waals surface area (Å²) in [5, 5.41) is 2.23. The van der Waals surface area contributed by atoms with Gasteiger partial charge in [-0.05, 0) is 72.3 Å². The first-order chi connectivity index (χ1) is 19.3. The minimum atomic E-state index is -0.504. The first-order valence-electron chi connectivity index (χ1n) is 12.3. The summed E-state index contributed by atoms with van der Waals surface area (Å²) in [6.07, 6.45) is 1.61. The second-order valence-corrected chi connectivity index (χ2v) is 10.2. The number of hydrogen-bond acceptors (Lipinski definition) is 8. The van der Waals surface area contributed by atoms with Gasteiger partial charge >= 0.3 is 0 Å². The number of carbonyl (C=O) groups excluding carboxylic acids is 5. The molecule has 10 nitrogen and oxygen atoms in total. The van der Waals surface area contributed by atoms with Crippen LogP contribution in [0, 0.1) is 6.92 Å². The lowest BCUT2D eigenvalue weighted by molar-refractivity contribution is -0.122. The predicted molar refractivity (Wildman–Crippen MR) is 146 cm³/mol. The summed E-state index contributed by atoms with van der Waals surface area (Å²) in [6, 6.07) is 16.6. The molecule has 3 aliphatic heterocycles. The second kappa shape index (κ2) is 10.0. The van der Waals surface area contributed by atoms with E-state index in [0.717, 1.165) is 27.1 Å². The molecule has 11 heteroatoms. The molecule has 1 fully saturated rings. The van der Waals surface area contributed by atoms with E-state index in [1.54, 1.807) is 36.4 Å². The number of thioether (sulfide) groups is 1. The van der Waals surface area contributed by atoms with E-state index < -0.39 is 28.9 Å². The molecule has 0 atom stereocenters. The van der Waals surface area contributed by atoms with Gasteiger partial charge in [0.05, 0.1) is 21.7 Å². The summed E-state index contributed by atoms with van der Waals surface area (Å²) in [5.74, 6) is -0.731. The van der Waals surface area contributed by atoms with Crippen molar-refractivity contribution in [3.05, 3.63) is 93.4 Å². The maximum atomic E-state index is 13.1. The van der Waals surface area contributed by atoms with Crippen LogP contribution < -0.4 is 19.7 Å². The Morgan fingerprint density at radius 1 is 0.925 bits per heavy atom. The minimum Gasteiger partial charge on any atom is -0.454 e. The van der Waals surface area contributed by atoms with Gasteiger partial charge in [-0.1, -0.05) is 24.3 Å². The highest BCUT2D eigenvalue weighted by molar-refractivity contribution is 8.18. The molecule has 0 unspecified atom stereocenters. The topological polar surface area (TPSA) is 122 Å². The normalized spacial score (nSPS) is 16.8. The highest BCUT2D eigenvalue weighted by Crippen LogP contribution is 2.36. The maximum Gasteiger partial charge on any atom is 0.293 e. The van der Waals surface area contributed by atoms with Gasteiger partial charge in [-0.15, -0.1) is 0 Å². The quantitative estimate of drug-likeness (QED) is 0.358. The zero-order valence-electron chi connectivity index (χ0n) is 21.1. The third kappa shape index (κ3) is 4.39. The molecule has 3 heterocycles. The molecule has 3 aromatic rings. The molecule has 3 aromatic carbocycles. The van der Waals surface area contributed by atoms with Gasteiger partial charge in [-0.3, -0.25) is 28.9 Å². The molecule has 1 saturated heterocycles. The van der Waals surface area contributed by atoms with Gasteiger partial charge in [0.2, 0.25) is 6.79 Å². The number of hydrogen-bond donors (Lipinski definition) is 1. The lowest BCUT2D eigenvalue weighted by Crippen LogP contribution is -2.37. The Labute approximate surface area is 232 Å². The highest BCUT2D eigenvalue weighted by Gasteiger charge is 2.38. The lowest BCUT2D eigenvalue weighted by Gasteiger charge is -2.16. The molecule has 6 rings (SSSR count). The SMILES string of the molecule is Cc1ccccc1N1C(=O)c2ccc(C(=O)NCCN3C(=O)S/C(=C\c4ccc5c(c4)OCO5)C3=O)cc2C1=O. The Kier molecular flexibility index (Phi) is 6.35. The molecule has 0 aliphatic carbocycles. The largest absolute Gasteiger partial charge is 0.454 e. The third-order valence-corrected chi connectivity index (χ3v) is 7.60. The number of carbonyl (C=O) groups is 5. The molecular formula is C29H21N3O7S. The number of para-hydroxylation sites is 1. The number of nitrogens with one attached hydrogen (secondary N) is 1. The van der Waals surface area contributed by atoms with Crippen molar-refractivity contribution >= 4 is 52.4 Å². The number of nitrogens with zero attached hydrogens (tertiary/aromatic N) is 2. The van der Waals surface area contributed by atoms with E-state index in [1.807, 2.05) is 19.1 Å². The molecule has 3 aliphatic rings. The van der Waals surface area contributed by atoms with Crippen LogP contribution in [0.25, 0.3) is 6.08 Å². The van der Waals surface area contributed by atoms with E-state index in [9.17, 15) is 24.0 Å². The van der Waals surface area contributed by atoms with Crippen LogP contribution in [-0.2, 0) is 4.79 Å². The summed E-state index contributed by atoms with van der Waals surface area (Å²) in [5.41, 5.74) is 2.49. The fourth-order valence-corrected chi connectivity index (χ4v) is 5.51. The van der Waals surface area contributed by atoms with E-state index in [-0.39, 0.29) is 41.5 Å². The Morgan fingerprint density at radius 3 is 2.52 bits per heavy atom. The average Bonchev–Trinajstić information content (AvgIpc) is 3.59. The van der Waals surface area contributed by atoms with Gasteiger partial charge < -0.3 is 14.8 Å². The number of fused-ring (bicyclic) bond motifs is 2. The number of benzene rings is 3. The van der Waals surface area contributed by atoms with Crippen molar-refractivity contribution in [1.82, 2.24) is 10.2 Å². The van der Waals surface area contributed by atoms with E-state index in [1.165, 1.54) is 18.2 Å². The minimum absolute atomic E-state index is 0.00741. The van der Waals surface area contributed by atoms with Gasteiger partial charge in [0.25, 0.3) is 28.9 Å². The summed E-state index contributed by atoms with van der Waals surface area (Å²) >= 11 is 0.818. The molecule has 200 valence electrons. The van der Waals surface area contributed by atoms with E-state index in [0.29, 0.717) is 22.7 Å². The van der Waals surface area contributed by atoms with E-state index in [2.05, 4.69) is 5.32 Å². The molecule has 0 bridgehead atoms. The molecule has 0 spiro atoms.